The summed E-state index contributed by atoms with van der Waals surface area (Å²) in [7, 11) is 1.89. The Morgan fingerprint density at radius 3 is 2.67 bits per heavy atom. The van der Waals surface area contributed by atoms with E-state index in [0.717, 1.165) is 0 Å². The van der Waals surface area contributed by atoms with Crippen LogP contribution in [-0.2, 0) is 9.53 Å². The molecule has 1 unspecified atom stereocenters. The molecule has 0 bridgehead atoms. The third-order valence-electron chi connectivity index (χ3n) is 1.97. The molecule has 5 nitrogen and oxygen atoms in total. The summed E-state index contributed by atoms with van der Waals surface area (Å²) in [5, 5.41) is 2.75. The number of rotatable bonds is 8. The quantitative estimate of drug-likeness (QED) is 0.571. The number of likely N-dealkylation sites (N-methyl/N-ethyl adjacent to an activating group) is 2. The first-order chi connectivity index (χ1) is 7.13. The van der Waals surface area contributed by atoms with Crippen molar-refractivity contribution in [2.24, 2.45) is 5.73 Å². The fourth-order valence-electron chi connectivity index (χ4n) is 1.34. The minimum Gasteiger partial charge on any atom is -0.376 e. The van der Waals surface area contributed by atoms with E-state index in [0.29, 0.717) is 32.8 Å². The van der Waals surface area contributed by atoms with Gasteiger partial charge in [-0.2, -0.15) is 0 Å². The molecule has 0 spiro atoms. The summed E-state index contributed by atoms with van der Waals surface area (Å²) in [5.74, 6) is 0.0345. The van der Waals surface area contributed by atoms with Gasteiger partial charge in [-0.3, -0.25) is 9.69 Å². The molecular formula is C10H23N3O2. The van der Waals surface area contributed by atoms with E-state index in [-0.39, 0.29) is 12.0 Å². The third-order valence-corrected chi connectivity index (χ3v) is 1.97. The van der Waals surface area contributed by atoms with Crippen molar-refractivity contribution in [3.63, 3.8) is 0 Å². The summed E-state index contributed by atoms with van der Waals surface area (Å²) in [6.45, 7) is 6.70. The number of carbonyl (C=O) groups excluding carboxylic acids is 1. The van der Waals surface area contributed by atoms with E-state index in [9.17, 15) is 4.79 Å². The van der Waals surface area contributed by atoms with Crippen molar-refractivity contribution >= 4 is 5.91 Å². The summed E-state index contributed by atoms with van der Waals surface area (Å²) >= 11 is 0. The number of nitrogens with zero attached hydrogens (tertiary/aromatic N) is 1. The molecule has 0 fully saturated rings. The lowest BCUT2D eigenvalue weighted by Gasteiger charge is -2.22. The molecule has 5 heteroatoms. The van der Waals surface area contributed by atoms with Crippen LogP contribution in [0.2, 0.25) is 0 Å². The van der Waals surface area contributed by atoms with Crippen LogP contribution in [0.25, 0.3) is 0 Å². The molecular weight excluding hydrogens is 194 g/mol. The lowest BCUT2D eigenvalue weighted by Crippen LogP contribution is -2.41. The van der Waals surface area contributed by atoms with Crippen molar-refractivity contribution in [2.45, 2.75) is 20.0 Å². The third kappa shape index (κ3) is 7.30. The predicted molar refractivity (Wildman–Crippen MR) is 60.6 cm³/mol. The van der Waals surface area contributed by atoms with Gasteiger partial charge in [0.05, 0.1) is 12.6 Å². The molecule has 0 radical (unpaired) electrons. The monoisotopic (exact) mass is 217 g/mol. The molecule has 15 heavy (non-hydrogen) atoms. The minimum atomic E-state index is 0.00873. The molecule has 0 aromatic carbocycles. The molecule has 0 aliphatic carbocycles. The first-order valence-electron chi connectivity index (χ1n) is 5.40. The second-order valence-electron chi connectivity index (χ2n) is 3.46. The van der Waals surface area contributed by atoms with Crippen LogP contribution >= 0.6 is 0 Å². The Bertz CT molecular complexity index is 176. The summed E-state index contributed by atoms with van der Waals surface area (Å²) < 4.78 is 5.40. The van der Waals surface area contributed by atoms with Gasteiger partial charge < -0.3 is 15.8 Å². The number of hydrogen-bond acceptors (Lipinski definition) is 4. The van der Waals surface area contributed by atoms with Crippen LogP contribution < -0.4 is 11.1 Å². The first-order valence-corrected chi connectivity index (χ1v) is 5.40. The van der Waals surface area contributed by atoms with Gasteiger partial charge in [-0.25, -0.2) is 0 Å². The van der Waals surface area contributed by atoms with Crippen LogP contribution in [0.1, 0.15) is 13.8 Å². The Morgan fingerprint density at radius 2 is 2.20 bits per heavy atom. The highest BCUT2D eigenvalue weighted by Gasteiger charge is 2.11. The maximum atomic E-state index is 11.3. The van der Waals surface area contributed by atoms with Crippen LogP contribution in [0.3, 0.4) is 0 Å². The summed E-state index contributed by atoms with van der Waals surface area (Å²) in [5.41, 5.74) is 5.54. The van der Waals surface area contributed by atoms with Crippen LogP contribution in [0.5, 0.6) is 0 Å². The largest absolute Gasteiger partial charge is 0.376 e. The molecule has 0 aliphatic rings. The highest BCUT2D eigenvalue weighted by Crippen LogP contribution is 1.93. The van der Waals surface area contributed by atoms with Gasteiger partial charge in [0.25, 0.3) is 0 Å². The fourth-order valence-corrected chi connectivity index (χ4v) is 1.34. The number of ether oxygens (including phenoxy) is 1. The number of nitrogens with two attached hydrogens (primary N) is 1. The van der Waals surface area contributed by atoms with Gasteiger partial charge in [-0.1, -0.05) is 0 Å². The Hall–Kier alpha value is -0.650. The van der Waals surface area contributed by atoms with Gasteiger partial charge >= 0.3 is 0 Å². The normalized spacial score (nSPS) is 12.9. The van der Waals surface area contributed by atoms with Crippen LogP contribution in [0.4, 0.5) is 0 Å². The van der Waals surface area contributed by atoms with E-state index >= 15 is 0 Å². The molecule has 3 N–H and O–H groups in total. The summed E-state index contributed by atoms with van der Waals surface area (Å²) in [6, 6.07) is 0. The van der Waals surface area contributed by atoms with Crippen molar-refractivity contribution in [1.82, 2.24) is 10.2 Å². The minimum absolute atomic E-state index is 0.00873. The molecule has 0 aromatic heterocycles. The Morgan fingerprint density at radius 1 is 1.53 bits per heavy atom. The molecule has 0 saturated carbocycles. The molecule has 0 rings (SSSR count). The number of carbonyl (C=O) groups is 1. The standard InChI is InChI=1S/C10H23N3O2/c1-4-12-10(14)8-13(3)7-9(6-11)15-5-2/h9H,4-8,11H2,1-3H3,(H,12,14). The Labute approximate surface area is 91.9 Å². The average Bonchev–Trinajstić information content (AvgIpc) is 2.17. The van der Waals surface area contributed by atoms with E-state index in [1.165, 1.54) is 0 Å². The van der Waals surface area contributed by atoms with Crippen molar-refractivity contribution in [2.75, 3.05) is 39.8 Å². The molecule has 0 heterocycles. The van der Waals surface area contributed by atoms with E-state index in [2.05, 4.69) is 5.32 Å². The molecule has 90 valence electrons. The van der Waals surface area contributed by atoms with E-state index in [1.54, 1.807) is 0 Å². The zero-order valence-electron chi connectivity index (χ0n) is 9.95. The van der Waals surface area contributed by atoms with Crippen LogP contribution in [0.15, 0.2) is 0 Å². The van der Waals surface area contributed by atoms with Gasteiger partial charge in [-0.05, 0) is 20.9 Å². The van der Waals surface area contributed by atoms with Crippen LogP contribution in [-0.4, -0.2) is 56.7 Å². The van der Waals surface area contributed by atoms with Gasteiger partial charge in [-0.15, -0.1) is 0 Å². The second-order valence-corrected chi connectivity index (χ2v) is 3.46. The molecule has 1 atom stereocenters. The number of amides is 1. The lowest BCUT2D eigenvalue weighted by atomic mass is 10.3. The maximum Gasteiger partial charge on any atom is 0.234 e. The highest BCUT2D eigenvalue weighted by atomic mass is 16.5. The van der Waals surface area contributed by atoms with Crippen molar-refractivity contribution in [3.05, 3.63) is 0 Å². The zero-order valence-corrected chi connectivity index (χ0v) is 9.95. The smallest absolute Gasteiger partial charge is 0.234 e. The van der Waals surface area contributed by atoms with Crippen molar-refractivity contribution in [1.29, 1.82) is 0 Å². The van der Waals surface area contributed by atoms with Crippen molar-refractivity contribution in [3.8, 4) is 0 Å². The summed E-state index contributed by atoms with van der Waals surface area (Å²) in [6.07, 6.45) is 0.00873. The van der Waals surface area contributed by atoms with Gasteiger partial charge in [0, 0.05) is 26.2 Å². The average molecular weight is 217 g/mol. The topological polar surface area (TPSA) is 67.6 Å². The SMILES string of the molecule is CCNC(=O)CN(C)CC(CN)OCC. The van der Waals surface area contributed by atoms with E-state index < -0.39 is 0 Å². The predicted octanol–water partition coefficient (Wildman–Crippen LogP) is -0.582. The summed E-state index contributed by atoms with van der Waals surface area (Å²) in [4.78, 5) is 13.2. The Kier molecular flexibility index (Phi) is 8.27. The highest BCUT2D eigenvalue weighted by molar-refractivity contribution is 5.77. The number of nitrogens with one attached hydrogen (secondary N) is 1. The maximum absolute atomic E-state index is 11.3. The molecule has 0 aromatic rings. The van der Waals surface area contributed by atoms with E-state index in [4.69, 9.17) is 10.5 Å². The second kappa shape index (κ2) is 8.64. The Balaban J connectivity index is 3.79. The van der Waals surface area contributed by atoms with Crippen LogP contribution in [0, 0.1) is 0 Å². The first kappa shape index (κ1) is 14.3. The molecule has 0 saturated heterocycles. The number of hydrogen-bond donors (Lipinski definition) is 2. The van der Waals surface area contributed by atoms with Gasteiger partial charge in [0.2, 0.25) is 5.91 Å². The zero-order chi connectivity index (χ0) is 11.7. The molecule has 0 aliphatic heterocycles. The fraction of sp³-hybridized carbons (Fsp3) is 0.900. The van der Waals surface area contributed by atoms with E-state index in [1.807, 2.05) is 25.8 Å². The molecule has 1 amide bonds. The van der Waals surface area contributed by atoms with Gasteiger partial charge in [0.15, 0.2) is 0 Å². The van der Waals surface area contributed by atoms with Gasteiger partial charge in [0.1, 0.15) is 0 Å². The lowest BCUT2D eigenvalue weighted by molar-refractivity contribution is -0.122. The van der Waals surface area contributed by atoms with Crippen molar-refractivity contribution < 1.29 is 9.53 Å².